The number of rotatable bonds is 7. The second-order valence-corrected chi connectivity index (χ2v) is 9.63. The van der Waals surface area contributed by atoms with Gasteiger partial charge in [-0.15, -0.1) is 11.3 Å². The van der Waals surface area contributed by atoms with Crippen molar-refractivity contribution in [3.05, 3.63) is 71.5 Å². The van der Waals surface area contributed by atoms with Crippen LogP contribution in [0.1, 0.15) is 29.1 Å². The summed E-state index contributed by atoms with van der Waals surface area (Å²) >= 11 is 1.49. The first-order valence-electron chi connectivity index (χ1n) is 11.7. The van der Waals surface area contributed by atoms with Crippen LogP contribution in [0, 0.1) is 0 Å². The fourth-order valence-electron chi connectivity index (χ4n) is 4.28. The molecule has 6 aromatic heterocycles. The van der Waals surface area contributed by atoms with E-state index in [0.717, 1.165) is 78.7 Å². The van der Waals surface area contributed by atoms with Gasteiger partial charge in [0.05, 0.1) is 21.8 Å². The molecular weight excluding hydrogens is 470 g/mol. The number of nitrogens with zero attached hydrogens (tertiary/aromatic N) is 4. The fourth-order valence-corrected chi connectivity index (χ4v) is 5.22. The Labute approximate surface area is 210 Å². The van der Waals surface area contributed by atoms with Crippen LogP contribution >= 0.6 is 11.3 Å². The summed E-state index contributed by atoms with van der Waals surface area (Å²) in [5, 5.41) is 12.0. The summed E-state index contributed by atoms with van der Waals surface area (Å²) in [6.45, 7) is 5.33. The first kappa shape index (κ1) is 22.3. The van der Waals surface area contributed by atoms with E-state index in [0.29, 0.717) is 0 Å². The normalized spacial score (nSPS) is 11.5. The van der Waals surface area contributed by atoms with E-state index in [1.54, 1.807) is 13.1 Å². The number of Topliss-reactive ketones (excluding diaryl/α,β-unsaturated/α-hetero) is 1. The molecule has 6 heterocycles. The summed E-state index contributed by atoms with van der Waals surface area (Å²) in [6.07, 6.45) is 5.48. The predicted octanol–water partition coefficient (Wildman–Crippen LogP) is 5.60. The van der Waals surface area contributed by atoms with Gasteiger partial charge < -0.3 is 10.3 Å². The maximum atomic E-state index is 11.8. The Morgan fingerprint density at radius 1 is 1.11 bits per heavy atom. The van der Waals surface area contributed by atoms with Gasteiger partial charge >= 0.3 is 0 Å². The molecule has 0 radical (unpaired) electrons. The van der Waals surface area contributed by atoms with Crippen LogP contribution in [0.15, 0.2) is 61.1 Å². The molecule has 6 aromatic rings. The zero-order valence-electron chi connectivity index (χ0n) is 19.8. The highest BCUT2D eigenvalue weighted by Crippen LogP contribution is 2.36. The van der Waals surface area contributed by atoms with Crippen molar-refractivity contribution in [3.8, 4) is 33.1 Å². The van der Waals surface area contributed by atoms with E-state index in [1.807, 2.05) is 48.8 Å². The number of hydrogen-bond donors (Lipinski definition) is 3. The smallest absolute Gasteiger partial charge is 0.169 e. The molecule has 8 nitrogen and oxygen atoms in total. The number of nitrogens with one attached hydrogen (secondary N) is 3. The quantitative estimate of drug-likeness (QED) is 0.249. The van der Waals surface area contributed by atoms with E-state index in [4.69, 9.17) is 4.98 Å². The molecule has 0 aromatic carbocycles. The first-order valence-corrected chi connectivity index (χ1v) is 12.5. The molecule has 0 spiro atoms. The average Bonchev–Trinajstić information content (AvgIpc) is 3.64. The molecule has 36 heavy (non-hydrogen) atoms. The maximum Gasteiger partial charge on any atom is 0.169 e. The van der Waals surface area contributed by atoms with E-state index in [2.05, 4.69) is 43.5 Å². The number of pyridine rings is 3. The Morgan fingerprint density at radius 2 is 2.03 bits per heavy atom. The van der Waals surface area contributed by atoms with E-state index < -0.39 is 0 Å². The van der Waals surface area contributed by atoms with Crippen LogP contribution in [0.2, 0.25) is 0 Å². The molecule has 0 atom stereocenters. The lowest BCUT2D eigenvalue weighted by Gasteiger charge is -2.05. The Bertz CT molecular complexity index is 1730. The average molecular weight is 494 g/mol. The molecule has 178 valence electrons. The van der Waals surface area contributed by atoms with Gasteiger partial charge in [0.25, 0.3) is 0 Å². The summed E-state index contributed by atoms with van der Waals surface area (Å²) in [6, 6.07) is 14.0. The van der Waals surface area contributed by atoms with Crippen LogP contribution in [0.3, 0.4) is 0 Å². The molecule has 9 heteroatoms. The number of fused-ring (bicyclic) bond motifs is 2. The molecule has 6 rings (SSSR count). The van der Waals surface area contributed by atoms with Gasteiger partial charge in [0.1, 0.15) is 16.9 Å². The van der Waals surface area contributed by atoms with Crippen LogP contribution in [0.25, 0.3) is 55.2 Å². The Morgan fingerprint density at radius 3 is 2.86 bits per heavy atom. The molecule has 0 aliphatic heterocycles. The van der Waals surface area contributed by atoms with Crippen molar-refractivity contribution in [2.24, 2.45) is 0 Å². The van der Waals surface area contributed by atoms with Crippen molar-refractivity contribution >= 4 is 39.2 Å². The zero-order valence-corrected chi connectivity index (χ0v) is 20.6. The van der Waals surface area contributed by atoms with Gasteiger partial charge in [-0.25, -0.2) is 9.97 Å². The zero-order chi connectivity index (χ0) is 24.6. The van der Waals surface area contributed by atoms with Crippen LogP contribution in [-0.2, 0) is 6.54 Å². The third-order valence-electron chi connectivity index (χ3n) is 6.08. The standard InChI is InChI=1S/C27H23N7OS/c1-3-28-12-16-10-17(14-29-13-16)20-4-5-21-25(31-20)26(34-33-21)22-11-19-18(8-9-30-27(19)32-22)24-7-6-23(36-24)15(2)35/h4-11,13-14,28H,3,12H2,1-2H3,(H,30,32)(H,33,34). The van der Waals surface area contributed by atoms with Gasteiger partial charge in [0.15, 0.2) is 5.78 Å². The molecule has 3 N–H and O–H groups in total. The summed E-state index contributed by atoms with van der Waals surface area (Å²) in [7, 11) is 0. The highest BCUT2D eigenvalue weighted by Gasteiger charge is 2.17. The van der Waals surface area contributed by atoms with Crippen molar-refractivity contribution in [2.75, 3.05) is 6.54 Å². The lowest BCUT2D eigenvalue weighted by atomic mass is 10.1. The van der Waals surface area contributed by atoms with Crippen molar-refractivity contribution in [1.82, 2.24) is 35.5 Å². The number of carbonyl (C=O) groups excluding carboxylic acids is 1. The molecule has 0 aliphatic carbocycles. The molecule has 0 aliphatic rings. The van der Waals surface area contributed by atoms with Gasteiger partial charge in [-0.1, -0.05) is 6.92 Å². The number of aromatic amines is 2. The Hall–Kier alpha value is -4.21. The van der Waals surface area contributed by atoms with Crippen molar-refractivity contribution < 1.29 is 4.79 Å². The minimum Gasteiger partial charge on any atom is -0.338 e. The van der Waals surface area contributed by atoms with Crippen LogP contribution in [0.5, 0.6) is 0 Å². The van der Waals surface area contributed by atoms with Crippen molar-refractivity contribution in [2.45, 2.75) is 20.4 Å². The lowest BCUT2D eigenvalue weighted by Crippen LogP contribution is -2.11. The van der Waals surface area contributed by atoms with Gasteiger partial charge in [-0.2, -0.15) is 5.10 Å². The number of aromatic nitrogens is 6. The van der Waals surface area contributed by atoms with Crippen molar-refractivity contribution in [3.63, 3.8) is 0 Å². The lowest BCUT2D eigenvalue weighted by molar-refractivity contribution is 0.102. The monoisotopic (exact) mass is 493 g/mol. The van der Waals surface area contributed by atoms with Gasteiger partial charge in [-0.3, -0.25) is 14.9 Å². The Balaban J connectivity index is 1.42. The third-order valence-corrected chi connectivity index (χ3v) is 7.30. The largest absolute Gasteiger partial charge is 0.338 e. The van der Waals surface area contributed by atoms with Gasteiger partial charge in [-0.05, 0) is 61.5 Å². The minimum absolute atomic E-state index is 0.0681. The van der Waals surface area contributed by atoms with E-state index in [9.17, 15) is 4.79 Å². The van der Waals surface area contributed by atoms with E-state index in [1.165, 1.54) is 11.3 Å². The SMILES string of the molecule is CCNCc1cncc(-c2ccc3[nH]nc(-c4cc5c(-c6ccc(C(C)=O)s6)ccnc5[nH]4)c3n2)c1. The number of ketones is 1. The molecule has 0 saturated heterocycles. The summed E-state index contributed by atoms with van der Waals surface area (Å²) in [5.41, 5.74) is 7.85. The number of thiophene rings is 1. The summed E-state index contributed by atoms with van der Waals surface area (Å²) < 4.78 is 0. The second kappa shape index (κ2) is 9.10. The number of hydrogen-bond acceptors (Lipinski definition) is 7. The summed E-state index contributed by atoms with van der Waals surface area (Å²) in [4.78, 5) is 30.8. The molecule has 0 amide bonds. The first-order chi connectivity index (χ1) is 17.6. The molecule has 0 fully saturated rings. The highest BCUT2D eigenvalue weighted by molar-refractivity contribution is 7.17. The fraction of sp³-hybridized carbons (Fsp3) is 0.148. The molecular formula is C27H23N7OS. The number of H-pyrrole nitrogens is 2. The van der Waals surface area contributed by atoms with Gasteiger partial charge in [0, 0.05) is 46.5 Å². The van der Waals surface area contributed by atoms with Gasteiger partial charge in [0.2, 0.25) is 0 Å². The minimum atomic E-state index is 0.0681. The molecule has 0 unspecified atom stereocenters. The topological polar surface area (TPSA) is 112 Å². The molecule has 0 saturated carbocycles. The third kappa shape index (κ3) is 3.98. The van der Waals surface area contributed by atoms with E-state index >= 15 is 0 Å². The number of carbonyl (C=O) groups is 1. The maximum absolute atomic E-state index is 11.8. The highest BCUT2D eigenvalue weighted by atomic mass is 32.1. The van der Waals surface area contributed by atoms with Crippen molar-refractivity contribution in [1.29, 1.82) is 0 Å². The Kier molecular flexibility index (Phi) is 5.63. The molecule has 0 bridgehead atoms. The van der Waals surface area contributed by atoms with Crippen LogP contribution in [-0.4, -0.2) is 42.5 Å². The van der Waals surface area contributed by atoms with Crippen LogP contribution in [0.4, 0.5) is 0 Å². The summed E-state index contributed by atoms with van der Waals surface area (Å²) in [5.74, 6) is 0.0681. The second-order valence-electron chi connectivity index (χ2n) is 8.55. The van der Waals surface area contributed by atoms with Crippen LogP contribution < -0.4 is 5.32 Å². The predicted molar refractivity (Wildman–Crippen MR) is 143 cm³/mol. The van der Waals surface area contributed by atoms with E-state index in [-0.39, 0.29) is 5.78 Å².